The molecule has 0 aliphatic carbocycles. The number of β-amino-alcohol motifs (C(OH)–C–C–N with tert-alkyl or cyclic N) is 1. The lowest BCUT2D eigenvalue weighted by atomic mass is 9.88. The summed E-state index contributed by atoms with van der Waals surface area (Å²) < 4.78 is 20.9. The molecule has 1 fully saturated rings. The number of fused-ring (bicyclic) bond motifs is 4. The summed E-state index contributed by atoms with van der Waals surface area (Å²) in [6, 6.07) is 6.24. The predicted octanol–water partition coefficient (Wildman–Crippen LogP) is 4.51. The number of aromatic nitrogens is 2. The van der Waals surface area contributed by atoms with Crippen molar-refractivity contribution in [2.45, 2.75) is 39.6 Å². The first kappa shape index (κ1) is 22.2. The van der Waals surface area contributed by atoms with Crippen LogP contribution in [0.15, 0.2) is 18.3 Å². The number of thiophene rings is 1. The van der Waals surface area contributed by atoms with E-state index in [-0.39, 0.29) is 22.6 Å². The molecule has 2 atom stereocenters. The maximum Gasteiger partial charge on any atom is 0.159 e. The van der Waals surface area contributed by atoms with Crippen LogP contribution in [0.3, 0.4) is 0 Å². The van der Waals surface area contributed by atoms with Gasteiger partial charge in [-0.1, -0.05) is 13.8 Å². The molecule has 2 aliphatic rings. The van der Waals surface area contributed by atoms with Crippen molar-refractivity contribution in [1.29, 1.82) is 5.26 Å². The summed E-state index contributed by atoms with van der Waals surface area (Å²) in [6.45, 7) is 6.24. The Morgan fingerprint density at radius 1 is 1.31 bits per heavy atom. The van der Waals surface area contributed by atoms with Crippen LogP contribution in [0.5, 0.6) is 0 Å². The summed E-state index contributed by atoms with van der Waals surface area (Å²) in [6.07, 6.45) is 1.49. The van der Waals surface area contributed by atoms with Crippen molar-refractivity contribution in [2.75, 3.05) is 23.7 Å². The largest absolute Gasteiger partial charge is 0.391 e. The summed E-state index contributed by atoms with van der Waals surface area (Å²) >= 11 is 1.07. The molecule has 178 valence electrons. The molecule has 35 heavy (non-hydrogen) atoms. The highest BCUT2D eigenvalue weighted by Gasteiger charge is 2.31. The zero-order chi connectivity index (χ0) is 24.4. The highest BCUT2D eigenvalue weighted by atomic mass is 32.1. The van der Waals surface area contributed by atoms with Gasteiger partial charge in [0.15, 0.2) is 5.82 Å². The normalized spacial score (nSPS) is 19.6. The number of aliphatic hydroxyl groups excluding tert-OH is 1. The van der Waals surface area contributed by atoms with E-state index in [1.54, 1.807) is 0 Å². The zero-order valence-electron chi connectivity index (χ0n) is 19.4. The van der Waals surface area contributed by atoms with Crippen LogP contribution in [-0.4, -0.2) is 34.3 Å². The fourth-order valence-electron chi connectivity index (χ4n) is 5.45. The predicted molar refractivity (Wildman–Crippen MR) is 135 cm³/mol. The molecule has 6 rings (SSSR count). The van der Waals surface area contributed by atoms with E-state index in [4.69, 9.17) is 15.5 Å². The maximum absolute atomic E-state index is 14.7. The van der Waals surface area contributed by atoms with Crippen LogP contribution in [0.1, 0.15) is 36.1 Å². The highest BCUT2D eigenvalue weighted by molar-refractivity contribution is 7.23. The number of pyridine rings is 2. The first-order chi connectivity index (χ1) is 16.9. The van der Waals surface area contributed by atoms with E-state index < -0.39 is 5.82 Å². The Balaban J connectivity index is 1.67. The number of hydrogen-bond acceptors (Lipinski definition) is 8. The van der Waals surface area contributed by atoms with Gasteiger partial charge in [-0.05, 0) is 35.2 Å². The minimum Gasteiger partial charge on any atom is -0.391 e. The van der Waals surface area contributed by atoms with E-state index in [1.807, 2.05) is 13.0 Å². The zero-order valence-corrected chi connectivity index (χ0v) is 20.2. The third-order valence-corrected chi connectivity index (χ3v) is 8.27. The highest BCUT2D eigenvalue weighted by Crippen LogP contribution is 2.46. The molecule has 0 saturated carbocycles. The van der Waals surface area contributed by atoms with Gasteiger partial charge in [0.2, 0.25) is 0 Å². The molecule has 3 aromatic heterocycles. The molecule has 2 unspecified atom stereocenters. The van der Waals surface area contributed by atoms with Crippen LogP contribution >= 0.6 is 11.3 Å². The molecule has 1 aromatic carbocycles. The van der Waals surface area contributed by atoms with Crippen molar-refractivity contribution in [2.24, 2.45) is 5.92 Å². The number of nitrogen functional groups attached to an aromatic ring is 1. The molecule has 5 heterocycles. The van der Waals surface area contributed by atoms with Crippen molar-refractivity contribution >= 4 is 43.1 Å². The average molecular weight is 490 g/mol. The number of hydrogen-bond donors (Lipinski definition) is 2. The monoisotopic (exact) mass is 489 g/mol. The SMILES string of the molecule is CCc1c(-c2ncc(F)c3sc(N)c(C#N)c23)c2c(c3ccc(N4CC(C)C(O)C4)nc13)COC2. The van der Waals surface area contributed by atoms with Gasteiger partial charge < -0.3 is 20.5 Å². The van der Waals surface area contributed by atoms with Gasteiger partial charge in [-0.25, -0.2) is 9.37 Å². The first-order valence-electron chi connectivity index (χ1n) is 11.7. The van der Waals surface area contributed by atoms with E-state index >= 15 is 0 Å². The molecular weight excluding hydrogens is 465 g/mol. The number of nitrogens with zero attached hydrogens (tertiary/aromatic N) is 4. The summed E-state index contributed by atoms with van der Waals surface area (Å²) in [4.78, 5) is 11.7. The van der Waals surface area contributed by atoms with Crippen LogP contribution in [-0.2, 0) is 24.4 Å². The van der Waals surface area contributed by atoms with E-state index in [0.29, 0.717) is 42.0 Å². The second-order valence-corrected chi connectivity index (χ2v) is 10.3. The van der Waals surface area contributed by atoms with Gasteiger partial charge >= 0.3 is 0 Å². The van der Waals surface area contributed by atoms with Crippen LogP contribution in [0.4, 0.5) is 15.2 Å². The fraction of sp³-hybridized carbons (Fsp3) is 0.346. The summed E-state index contributed by atoms with van der Waals surface area (Å²) in [5, 5.41) is 21.9. The molecule has 2 aliphatic heterocycles. The summed E-state index contributed by atoms with van der Waals surface area (Å²) in [5.41, 5.74) is 11.6. The quantitative estimate of drug-likeness (QED) is 0.436. The van der Waals surface area contributed by atoms with E-state index in [2.05, 4.69) is 28.9 Å². The average Bonchev–Trinajstić information content (AvgIpc) is 3.56. The molecule has 4 aromatic rings. The van der Waals surface area contributed by atoms with Crippen LogP contribution in [0, 0.1) is 23.1 Å². The Morgan fingerprint density at radius 2 is 2.11 bits per heavy atom. The lowest BCUT2D eigenvalue weighted by Gasteiger charge is -2.21. The number of benzene rings is 1. The van der Waals surface area contributed by atoms with Gasteiger partial charge in [-0.15, -0.1) is 11.3 Å². The Labute approximate surface area is 205 Å². The number of aliphatic hydroxyl groups is 1. The summed E-state index contributed by atoms with van der Waals surface area (Å²) in [7, 11) is 0. The second-order valence-electron chi connectivity index (χ2n) is 9.28. The third kappa shape index (κ3) is 3.21. The number of halogens is 1. The minimum absolute atomic E-state index is 0.173. The van der Waals surface area contributed by atoms with E-state index in [1.165, 1.54) is 6.20 Å². The third-order valence-electron chi connectivity index (χ3n) is 7.25. The molecule has 0 bridgehead atoms. The van der Waals surface area contributed by atoms with Crippen LogP contribution in [0.25, 0.3) is 32.2 Å². The molecule has 3 N–H and O–H groups in total. The molecule has 9 heteroatoms. The molecule has 7 nitrogen and oxygen atoms in total. The van der Waals surface area contributed by atoms with Crippen LogP contribution < -0.4 is 10.6 Å². The Bertz CT molecular complexity index is 1550. The number of rotatable bonds is 3. The first-order valence-corrected chi connectivity index (χ1v) is 12.5. The topological polar surface area (TPSA) is 108 Å². The number of nitrogens with two attached hydrogens (primary N) is 1. The number of ether oxygens (including phenoxy) is 1. The molecule has 1 saturated heterocycles. The van der Waals surface area contributed by atoms with Crippen LogP contribution in [0.2, 0.25) is 0 Å². The number of anilines is 2. The summed E-state index contributed by atoms with van der Waals surface area (Å²) in [5.74, 6) is 0.498. The van der Waals surface area contributed by atoms with Crippen molar-refractivity contribution in [3.63, 3.8) is 0 Å². The Morgan fingerprint density at radius 3 is 2.83 bits per heavy atom. The Kier molecular flexibility index (Phi) is 5.14. The fourth-order valence-corrected chi connectivity index (χ4v) is 6.37. The number of nitriles is 1. The molecule has 0 amide bonds. The van der Waals surface area contributed by atoms with Crippen molar-refractivity contribution in [3.8, 4) is 17.3 Å². The van der Waals surface area contributed by atoms with Crippen molar-refractivity contribution < 1.29 is 14.2 Å². The van der Waals surface area contributed by atoms with Gasteiger partial charge in [0.1, 0.15) is 16.9 Å². The Hall–Kier alpha value is -3.32. The lowest BCUT2D eigenvalue weighted by Crippen LogP contribution is -2.22. The van der Waals surface area contributed by atoms with Crippen molar-refractivity contribution in [3.05, 3.63) is 46.4 Å². The van der Waals surface area contributed by atoms with E-state index in [0.717, 1.165) is 56.9 Å². The van der Waals surface area contributed by atoms with E-state index in [9.17, 15) is 14.8 Å². The minimum atomic E-state index is -0.490. The van der Waals surface area contributed by atoms with Gasteiger partial charge in [0.05, 0.1) is 47.0 Å². The van der Waals surface area contributed by atoms with Gasteiger partial charge in [0.25, 0.3) is 0 Å². The standard InChI is InChI=1S/C26H24FN5O2S/c1-3-13-21(24-22-15(6-28)26(29)35-25(22)18(27)7-30-24)17-11-34-10-16(17)14-4-5-20(31-23(13)14)32-8-12(2)19(33)9-32/h4-5,7,12,19,33H,3,8-11,29H2,1-2H3. The second kappa shape index (κ2) is 8.12. The van der Waals surface area contributed by atoms with Crippen molar-refractivity contribution in [1.82, 2.24) is 9.97 Å². The lowest BCUT2D eigenvalue weighted by molar-refractivity contribution is 0.135. The number of aryl methyl sites for hydroxylation is 1. The molecule has 0 spiro atoms. The molecular formula is C26H24FN5O2S. The smallest absolute Gasteiger partial charge is 0.159 e. The molecule has 0 radical (unpaired) electrons. The maximum atomic E-state index is 14.7. The van der Waals surface area contributed by atoms with Gasteiger partial charge in [-0.3, -0.25) is 4.98 Å². The van der Waals surface area contributed by atoms with Gasteiger partial charge in [0, 0.05) is 35.3 Å². The van der Waals surface area contributed by atoms with Gasteiger partial charge in [-0.2, -0.15) is 5.26 Å².